The van der Waals surface area contributed by atoms with Crippen LogP contribution in [-0.2, 0) is 0 Å². The van der Waals surface area contributed by atoms with Gasteiger partial charge in [0.2, 0.25) is 0 Å². The van der Waals surface area contributed by atoms with Crippen LogP contribution in [0.25, 0.3) is 0 Å². The molecule has 1 aromatic rings. The van der Waals surface area contributed by atoms with Crippen molar-refractivity contribution >= 4 is 5.82 Å². The van der Waals surface area contributed by atoms with Gasteiger partial charge in [-0.15, -0.1) is 0 Å². The van der Waals surface area contributed by atoms with Crippen LogP contribution in [0.2, 0.25) is 0 Å². The van der Waals surface area contributed by atoms with E-state index < -0.39 is 5.60 Å². The first-order valence-electron chi connectivity index (χ1n) is 4.87. The number of hydrogen-bond donors (Lipinski definition) is 2. The monoisotopic (exact) mass is 210 g/mol. The fraction of sp³-hybridized carbons (Fsp3) is 0.600. The van der Waals surface area contributed by atoms with E-state index in [-0.39, 0.29) is 0 Å². The molecule has 0 fully saturated rings. The lowest BCUT2D eigenvalue weighted by atomic mass is 10.1. The van der Waals surface area contributed by atoms with Crippen LogP contribution in [0.15, 0.2) is 18.6 Å². The van der Waals surface area contributed by atoms with E-state index in [4.69, 9.17) is 0 Å². The van der Waals surface area contributed by atoms with E-state index >= 15 is 0 Å². The van der Waals surface area contributed by atoms with Gasteiger partial charge in [-0.25, -0.2) is 4.98 Å². The summed E-state index contributed by atoms with van der Waals surface area (Å²) in [5, 5.41) is 13.0. The molecule has 84 valence electrons. The number of likely N-dealkylation sites (N-methyl/N-ethyl adjacent to an activating group) is 1. The lowest BCUT2D eigenvalue weighted by Crippen LogP contribution is -2.43. The zero-order valence-electron chi connectivity index (χ0n) is 9.44. The highest BCUT2D eigenvalue weighted by Crippen LogP contribution is 2.06. The molecule has 15 heavy (non-hydrogen) atoms. The van der Waals surface area contributed by atoms with Gasteiger partial charge in [0.1, 0.15) is 5.82 Å². The Morgan fingerprint density at radius 2 is 2.20 bits per heavy atom. The third kappa shape index (κ3) is 4.71. The van der Waals surface area contributed by atoms with E-state index in [9.17, 15) is 5.11 Å². The smallest absolute Gasteiger partial charge is 0.144 e. The lowest BCUT2D eigenvalue weighted by Gasteiger charge is -2.27. The van der Waals surface area contributed by atoms with Crippen LogP contribution >= 0.6 is 0 Å². The number of hydrogen-bond acceptors (Lipinski definition) is 5. The Hall–Kier alpha value is -1.20. The molecule has 1 rings (SSSR count). The first-order valence-corrected chi connectivity index (χ1v) is 4.87. The summed E-state index contributed by atoms with van der Waals surface area (Å²) in [6.45, 7) is 2.83. The minimum absolute atomic E-state index is 0.448. The average Bonchev–Trinajstić information content (AvgIpc) is 2.15. The molecule has 0 radical (unpaired) electrons. The first-order chi connectivity index (χ1) is 6.99. The Balaban J connectivity index is 2.42. The molecule has 1 aromatic heterocycles. The van der Waals surface area contributed by atoms with Crippen LogP contribution in [0.4, 0.5) is 5.82 Å². The maximum atomic E-state index is 9.99. The lowest BCUT2D eigenvalue weighted by molar-refractivity contribution is 0.0459. The van der Waals surface area contributed by atoms with Gasteiger partial charge in [-0.1, -0.05) is 0 Å². The number of aromatic nitrogens is 2. The molecule has 0 saturated heterocycles. The van der Waals surface area contributed by atoms with E-state index in [1.807, 2.05) is 19.0 Å². The fourth-order valence-corrected chi connectivity index (χ4v) is 1.41. The van der Waals surface area contributed by atoms with Crippen LogP contribution in [0.1, 0.15) is 6.92 Å². The number of nitrogens with zero attached hydrogens (tertiary/aromatic N) is 3. The molecule has 5 heteroatoms. The molecule has 0 aromatic carbocycles. The Kier molecular flexibility index (Phi) is 3.99. The highest BCUT2D eigenvalue weighted by Gasteiger charge is 2.20. The van der Waals surface area contributed by atoms with Crippen molar-refractivity contribution in [1.82, 2.24) is 14.9 Å². The third-order valence-corrected chi connectivity index (χ3v) is 1.87. The maximum absolute atomic E-state index is 9.99. The minimum atomic E-state index is -0.777. The maximum Gasteiger partial charge on any atom is 0.144 e. The number of aliphatic hydroxyl groups is 1. The zero-order valence-corrected chi connectivity index (χ0v) is 9.44. The van der Waals surface area contributed by atoms with Gasteiger partial charge in [0.15, 0.2) is 0 Å². The molecule has 0 amide bonds. The molecule has 1 unspecified atom stereocenters. The van der Waals surface area contributed by atoms with Crippen molar-refractivity contribution in [2.45, 2.75) is 12.5 Å². The Morgan fingerprint density at radius 3 is 2.73 bits per heavy atom. The molecule has 0 spiro atoms. The SMILES string of the molecule is CN(C)CC(C)(O)CNc1cnccn1. The number of rotatable bonds is 5. The minimum Gasteiger partial charge on any atom is -0.387 e. The highest BCUT2D eigenvalue weighted by atomic mass is 16.3. The summed E-state index contributed by atoms with van der Waals surface area (Å²) in [5.41, 5.74) is -0.777. The van der Waals surface area contributed by atoms with Crippen LogP contribution in [0.5, 0.6) is 0 Å². The molecular formula is C10H18N4O. The predicted octanol–water partition coefficient (Wildman–Crippen LogP) is 0.201. The van der Waals surface area contributed by atoms with Gasteiger partial charge >= 0.3 is 0 Å². The zero-order chi connectivity index (χ0) is 11.3. The van der Waals surface area contributed by atoms with Crippen molar-refractivity contribution in [3.63, 3.8) is 0 Å². The normalized spacial score (nSPS) is 15.0. The van der Waals surface area contributed by atoms with Gasteiger partial charge in [0.05, 0.1) is 11.8 Å². The summed E-state index contributed by atoms with van der Waals surface area (Å²) in [6, 6.07) is 0. The molecule has 1 atom stereocenters. The predicted molar refractivity (Wildman–Crippen MR) is 59.7 cm³/mol. The van der Waals surface area contributed by atoms with Crippen LogP contribution in [0, 0.1) is 0 Å². The highest BCUT2D eigenvalue weighted by molar-refractivity contribution is 5.30. The van der Waals surface area contributed by atoms with Gasteiger partial charge in [-0.2, -0.15) is 0 Å². The molecule has 0 aliphatic carbocycles. The molecule has 0 saturated carbocycles. The molecule has 2 N–H and O–H groups in total. The summed E-state index contributed by atoms with van der Waals surface area (Å²) in [7, 11) is 3.85. The second kappa shape index (κ2) is 5.04. The Morgan fingerprint density at radius 1 is 1.47 bits per heavy atom. The van der Waals surface area contributed by atoms with Gasteiger partial charge < -0.3 is 15.3 Å². The fourth-order valence-electron chi connectivity index (χ4n) is 1.41. The molecule has 0 aliphatic rings. The second-order valence-electron chi connectivity index (χ2n) is 4.18. The second-order valence-corrected chi connectivity index (χ2v) is 4.18. The summed E-state index contributed by atoms with van der Waals surface area (Å²) in [4.78, 5) is 9.93. The van der Waals surface area contributed by atoms with Gasteiger partial charge in [0, 0.05) is 25.5 Å². The van der Waals surface area contributed by atoms with E-state index in [2.05, 4.69) is 15.3 Å². The van der Waals surface area contributed by atoms with Crippen molar-refractivity contribution in [3.05, 3.63) is 18.6 Å². The summed E-state index contributed by atoms with van der Waals surface area (Å²) < 4.78 is 0. The van der Waals surface area contributed by atoms with Crippen LogP contribution in [0.3, 0.4) is 0 Å². The van der Waals surface area contributed by atoms with Gasteiger partial charge in [0.25, 0.3) is 0 Å². The number of nitrogens with one attached hydrogen (secondary N) is 1. The van der Waals surface area contributed by atoms with E-state index in [0.717, 1.165) is 0 Å². The Labute approximate surface area is 90.2 Å². The van der Waals surface area contributed by atoms with Crippen molar-refractivity contribution in [2.75, 3.05) is 32.5 Å². The molecule has 0 bridgehead atoms. The molecular weight excluding hydrogens is 192 g/mol. The third-order valence-electron chi connectivity index (χ3n) is 1.87. The topological polar surface area (TPSA) is 61.3 Å². The van der Waals surface area contributed by atoms with Crippen molar-refractivity contribution in [1.29, 1.82) is 0 Å². The molecule has 1 heterocycles. The summed E-state index contributed by atoms with van der Waals surface area (Å²) in [5.74, 6) is 0.677. The van der Waals surface area contributed by atoms with Crippen molar-refractivity contribution in [3.8, 4) is 0 Å². The quantitative estimate of drug-likeness (QED) is 0.727. The summed E-state index contributed by atoms with van der Waals surface area (Å²) in [6.07, 6.45) is 4.86. The molecule has 5 nitrogen and oxygen atoms in total. The largest absolute Gasteiger partial charge is 0.387 e. The number of anilines is 1. The van der Waals surface area contributed by atoms with Crippen LogP contribution in [-0.4, -0.2) is 52.8 Å². The Bertz CT molecular complexity index is 287. The average molecular weight is 210 g/mol. The van der Waals surface area contributed by atoms with E-state index in [1.54, 1.807) is 25.5 Å². The van der Waals surface area contributed by atoms with Crippen molar-refractivity contribution in [2.24, 2.45) is 0 Å². The summed E-state index contributed by atoms with van der Waals surface area (Å²) >= 11 is 0. The van der Waals surface area contributed by atoms with Crippen LogP contribution < -0.4 is 5.32 Å². The van der Waals surface area contributed by atoms with Gasteiger partial charge in [-0.05, 0) is 21.0 Å². The van der Waals surface area contributed by atoms with E-state index in [0.29, 0.717) is 18.9 Å². The standard InChI is InChI=1S/C10H18N4O/c1-10(15,8-14(2)3)7-13-9-6-11-4-5-12-9/h4-6,15H,7-8H2,1-3H3,(H,12,13). The van der Waals surface area contributed by atoms with Gasteiger partial charge in [-0.3, -0.25) is 4.98 Å². The molecule has 0 aliphatic heterocycles. The van der Waals surface area contributed by atoms with E-state index in [1.165, 1.54) is 0 Å². The first kappa shape index (κ1) is 11.9. The van der Waals surface area contributed by atoms with Crippen molar-refractivity contribution < 1.29 is 5.11 Å².